The highest BCUT2D eigenvalue weighted by atomic mass is 16.5. The van der Waals surface area contributed by atoms with Gasteiger partial charge in [0.15, 0.2) is 5.82 Å². The number of aliphatic hydroxyl groups excluding tert-OH is 1. The van der Waals surface area contributed by atoms with Crippen LogP contribution in [0.25, 0.3) is 0 Å². The molecule has 2 heterocycles. The van der Waals surface area contributed by atoms with Crippen LogP contribution in [0, 0.1) is 5.92 Å². The molecule has 1 amide bonds. The fourth-order valence-electron chi connectivity index (χ4n) is 2.31. The third-order valence-electron chi connectivity index (χ3n) is 3.57. The number of aromatic nitrogens is 2. The summed E-state index contributed by atoms with van der Waals surface area (Å²) >= 11 is 0. The van der Waals surface area contributed by atoms with Crippen LogP contribution < -0.4 is 5.32 Å². The Morgan fingerprint density at radius 3 is 2.96 bits per heavy atom. The summed E-state index contributed by atoms with van der Waals surface area (Å²) in [5.74, 6) is 0.313. The predicted molar refractivity (Wildman–Crippen MR) is 82.0 cm³/mol. The SMILES string of the molecule is COCCc1nc(CNC(=O)[C@@H]2CN(C)CC[C@H]2O)no1.O=CO. The van der Waals surface area contributed by atoms with Gasteiger partial charge in [0.05, 0.1) is 31.6 Å². The van der Waals surface area contributed by atoms with E-state index in [1.165, 1.54) is 0 Å². The van der Waals surface area contributed by atoms with Gasteiger partial charge in [0.25, 0.3) is 6.47 Å². The number of rotatable bonds is 6. The van der Waals surface area contributed by atoms with Gasteiger partial charge in [-0.25, -0.2) is 0 Å². The van der Waals surface area contributed by atoms with Gasteiger partial charge in [-0.2, -0.15) is 4.98 Å². The molecule has 1 fully saturated rings. The number of hydrogen-bond acceptors (Lipinski definition) is 8. The highest BCUT2D eigenvalue weighted by molar-refractivity contribution is 5.79. The molecule has 2 atom stereocenters. The van der Waals surface area contributed by atoms with E-state index in [-0.39, 0.29) is 18.9 Å². The van der Waals surface area contributed by atoms with E-state index in [1.54, 1.807) is 7.11 Å². The summed E-state index contributed by atoms with van der Waals surface area (Å²) in [4.78, 5) is 26.7. The van der Waals surface area contributed by atoms with Crippen molar-refractivity contribution < 1.29 is 29.1 Å². The zero-order valence-corrected chi connectivity index (χ0v) is 13.8. The smallest absolute Gasteiger partial charge is 0.290 e. The van der Waals surface area contributed by atoms with Gasteiger partial charge in [0, 0.05) is 20.2 Å². The lowest BCUT2D eigenvalue weighted by molar-refractivity contribution is -0.131. The maximum Gasteiger partial charge on any atom is 0.290 e. The van der Waals surface area contributed by atoms with Gasteiger partial charge in [0.1, 0.15) is 0 Å². The maximum atomic E-state index is 12.1. The number of methoxy groups -OCH3 is 1. The molecule has 0 spiro atoms. The molecule has 3 N–H and O–H groups in total. The molecule has 1 aliphatic heterocycles. The molecular formula is C14H24N4O6. The van der Waals surface area contributed by atoms with E-state index < -0.39 is 12.0 Å². The van der Waals surface area contributed by atoms with Crippen molar-refractivity contribution >= 4 is 12.4 Å². The second-order valence-corrected chi connectivity index (χ2v) is 5.40. The number of ether oxygens (including phenoxy) is 1. The fraction of sp³-hybridized carbons (Fsp3) is 0.714. The van der Waals surface area contributed by atoms with Crippen LogP contribution in [-0.2, 0) is 27.3 Å². The van der Waals surface area contributed by atoms with E-state index >= 15 is 0 Å². The quantitative estimate of drug-likeness (QED) is 0.548. The molecule has 2 rings (SSSR count). The number of carbonyl (C=O) groups is 2. The summed E-state index contributed by atoms with van der Waals surface area (Å²) in [6.45, 7) is 1.81. The molecule has 1 aromatic rings. The summed E-state index contributed by atoms with van der Waals surface area (Å²) in [5.41, 5.74) is 0. The summed E-state index contributed by atoms with van der Waals surface area (Å²) in [7, 11) is 3.54. The van der Waals surface area contributed by atoms with Crippen molar-refractivity contribution in [3.05, 3.63) is 11.7 Å². The van der Waals surface area contributed by atoms with Gasteiger partial charge in [-0.15, -0.1) is 0 Å². The lowest BCUT2D eigenvalue weighted by atomic mass is 9.94. The Bertz CT molecular complexity index is 509. The number of carboxylic acid groups (broad SMARTS) is 1. The van der Waals surface area contributed by atoms with Crippen LogP contribution in [0.5, 0.6) is 0 Å². The summed E-state index contributed by atoms with van der Waals surface area (Å²) in [5, 5.41) is 23.3. The molecule has 24 heavy (non-hydrogen) atoms. The molecule has 10 heteroatoms. The standard InChI is InChI=1S/C13H22N4O4.CH2O2/c1-17-5-3-10(18)9(8-17)13(19)14-7-11-15-12(21-16-11)4-6-20-2;2-1-3/h9-10,18H,3-8H2,1-2H3,(H,14,19);1H,(H,2,3)/t9-,10-;/m1./s1. The second-order valence-electron chi connectivity index (χ2n) is 5.40. The molecule has 136 valence electrons. The minimum Gasteiger partial charge on any atom is -0.483 e. The minimum atomic E-state index is -0.594. The van der Waals surface area contributed by atoms with Gasteiger partial charge in [-0.1, -0.05) is 5.16 Å². The normalized spacial score (nSPS) is 20.8. The molecule has 0 unspecified atom stereocenters. The summed E-state index contributed by atoms with van der Waals surface area (Å²) < 4.78 is 9.96. The number of carbonyl (C=O) groups excluding carboxylic acids is 1. The van der Waals surface area contributed by atoms with Crippen LogP contribution >= 0.6 is 0 Å². The van der Waals surface area contributed by atoms with Gasteiger partial charge >= 0.3 is 0 Å². The highest BCUT2D eigenvalue weighted by Gasteiger charge is 2.31. The number of likely N-dealkylation sites (tertiary alicyclic amines) is 1. The van der Waals surface area contributed by atoms with Crippen molar-refractivity contribution in [2.75, 3.05) is 33.9 Å². The molecule has 10 nitrogen and oxygen atoms in total. The molecule has 0 bridgehead atoms. The Hall–Kier alpha value is -2.04. The van der Waals surface area contributed by atoms with E-state index in [1.807, 2.05) is 11.9 Å². The van der Waals surface area contributed by atoms with Crippen molar-refractivity contribution in [1.82, 2.24) is 20.4 Å². The van der Waals surface area contributed by atoms with E-state index in [4.69, 9.17) is 19.2 Å². The molecule has 1 aromatic heterocycles. The van der Waals surface area contributed by atoms with Gasteiger partial charge in [0.2, 0.25) is 11.8 Å². The zero-order valence-electron chi connectivity index (χ0n) is 13.8. The first-order chi connectivity index (χ1) is 11.5. The van der Waals surface area contributed by atoms with Gasteiger partial charge < -0.3 is 29.7 Å². The molecule has 0 aliphatic carbocycles. The number of hydrogen-bond donors (Lipinski definition) is 3. The Balaban J connectivity index is 0.000000891. The second kappa shape index (κ2) is 10.7. The molecule has 1 aliphatic rings. The average Bonchev–Trinajstić information content (AvgIpc) is 3.01. The molecule has 0 saturated carbocycles. The largest absolute Gasteiger partial charge is 0.483 e. The number of piperidine rings is 1. The Morgan fingerprint density at radius 2 is 2.29 bits per heavy atom. The van der Waals surface area contributed by atoms with Gasteiger partial charge in [-0.05, 0) is 13.5 Å². The fourth-order valence-corrected chi connectivity index (χ4v) is 2.31. The molecule has 1 saturated heterocycles. The number of aliphatic hydroxyl groups is 1. The zero-order chi connectivity index (χ0) is 17.9. The van der Waals surface area contributed by atoms with Gasteiger partial charge in [-0.3, -0.25) is 9.59 Å². The van der Waals surface area contributed by atoms with E-state index in [9.17, 15) is 9.90 Å². The Labute approximate surface area is 139 Å². The highest BCUT2D eigenvalue weighted by Crippen LogP contribution is 2.16. The molecular weight excluding hydrogens is 320 g/mol. The monoisotopic (exact) mass is 344 g/mol. The van der Waals surface area contributed by atoms with Crippen molar-refractivity contribution in [2.45, 2.75) is 25.5 Å². The topological polar surface area (TPSA) is 138 Å². The number of nitrogens with zero attached hydrogens (tertiary/aromatic N) is 3. The summed E-state index contributed by atoms with van der Waals surface area (Å²) in [6.07, 6.45) is 0.561. The minimum absolute atomic E-state index is 0.183. The summed E-state index contributed by atoms with van der Waals surface area (Å²) in [6, 6.07) is 0. The first kappa shape index (κ1) is 20.0. The van der Waals surface area contributed by atoms with Crippen LogP contribution in [0.4, 0.5) is 0 Å². The van der Waals surface area contributed by atoms with Crippen molar-refractivity contribution in [1.29, 1.82) is 0 Å². The first-order valence-electron chi connectivity index (χ1n) is 7.54. The Kier molecular flexibility index (Phi) is 8.90. The van der Waals surface area contributed by atoms with Crippen molar-refractivity contribution in [3.63, 3.8) is 0 Å². The maximum absolute atomic E-state index is 12.1. The van der Waals surface area contributed by atoms with Crippen LogP contribution in [0.1, 0.15) is 18.1 Å². The average molecular weight is 344 g/mol. The van der Waals surface area contributed by atoms with E-state index in [0.29, 0.717) is 37.7 Å². The number of nitrogens with one attached hydrogen (secondary N) is 1. The lowest BCUT2D eigenvalue weighted by Gasteiger charge is -2.32. The third-order valence-corrected chi connectivity index (χ3v) is 3.57. The van der Waals surface area contributed by atoms with Crippen molar-refractivity contribution in [3.8, 4) is 0 Å². The van der Waals surface area contributed by atoms with Crippen LogP contribution in [-0.4, -0.2) is 77.6 Å². The van der Waals surface area contributed by atoms with Crippen LogP contribution in [0.15, 0.2) is 4.52 Å². The third kappa shape index (κ3) is 6.60. The van der Waals surface area contributed by atoms with Crippen molar-refractivity contribution in [2.24, 2.45) is 5.92 Å². The van der Waals surface area contributed by atoms with Crippen LogP contribution in [0.3, 0.4) is 0 Å². The lowest BCUT2D eigenvalue weighted by Crippen LogP contribution is -2.48. The first-order valence-corrected chi connectivity index (χ1v) is 7.54. The Morgan fingerprint density at radius 1 is 1.58 bits per heavy atom. The van der Waals surface area contributed by atoms with E-state index in [2.05, 4.69) is 15.5 Å². The number of amides is 1. The van der Waals surface area contributed by atoms with E-state index in [0.717, 1.165) is 6.54 Å². The molecule has 0 aromatic carbocycles. The molecule has 0 radical (unpaired) electrons. The van der Waals surface area contributed by atoms with Crippen LogP contribution in [0.2, 0.25) is 0 Å². The predicted octanol–water partition coefficient (Wildman–Crippen LogP) is -1.11.